The number of carbonyl (C=O) groups is 3. The lowest BCUT2D eigenvalue weighted by Crippen LogP contribution is -2.68. The van der Waals surface area contributed by atoms with Gasteiger partial charge in [-0.2, -0.15) is 0 Å². The molecule has 2 amide bonds. The minimum Gasteiger partial charge on any atom is -0.477 e. The van der Waals surface area contributed by atoms with Crippen LogP contribution in [0.15, 0.2) is 46.7 Å². The van der Waals surface area contributed by atoms with Crippen LogP contribution in [0.2, 0.25) is 0 Å². The minimum atomic E-state index is -3.19. The Bertz CT molecular complexity index is 1180. The van der Waals surface area contributed by atoms with Gasteiger partial charge in [0.05, 0.1) is 10.8 Å². The van der Waals surface area contributed by atoms with Crippen molar-refractivity contribution in [1.82, 2.24) is 25.6 Å². The van der Waals surface area contributed by atoms with Crippen molar-refractivity contribution in [2.24, 2.45) is 5.73 Å². The molecular weight excluding hydrogens is 532 g/mol. The van der Waals surface area contributed by atoms with E-state index in [9.17, 15) is 27.9 Å². The first-order valence-electron chi connectivity index (χ1n) is 10.8. The molecule has 36 heavy (non-hydrogen) atoms. The molecule has 0 aromatic rings. The molecule has 0 aromatic carbocycles. The molecule has 196 valence electrons. The maximum Gasteiger partial charge on any atom is 0.407 e. The Hall–Kier alpha value is -2.82. The average molecular weight is 559 g/mol. The van der Waals surface area contributed by atoms with Gasteiger partial charge in [-0.15, -0.1) is 23.5 Å². The number of nitrogens with one attached hydrogen (secondary N) is 2. The lowest BCUT2D eigenvalue weighted by molar-refractivity contribution is -0.148. The number of β-lactam (4-membered cyclic amide) rings is 1. The smallest absolute Gasteiger partial charge is 0.407 e. The number of ether oxygens (including phenoxy) is 1. The molecule has 4 rings (SSSR count). The molecule has 0 aromatic heterocycles. The fourth-order valence-electron chi connectivity index (χ4n) is 3.79. The summed E-state index contributed by atoms with van der Waals surface area (Å²) in [6, 6.07) is -0.667. The van der Waals surface area contributed by atoms with E-state index in [0.717, 1.165) is 17.1 Å². The molecule has 4 heterocycles. The van der Waals surface area contributed by atoms with Crippen LogP contribution in [0.5, 0.6) is 0 Å². The number of amides is 2. The van der Waals surface area contributed by atoms with Gasteiger partial charge in [-0.05, 0) is 17.7 Å². The summed E-state index contributed by atoms with van der Waals surface area (Å²) in [7, 11) is -3.19. The number of carboxylic acid groups (broad SMARTS) is 1. The summed E-state index contributed by atoms with van der Waals surface area (Å²) < 4.78 is 26.9. The number of hydrogen-bond donors (Lipinski definition) is 4. The normalized spacial score (nSPS) is 22.8. The van der Waals surface area contributed by atoms with Crippen LogP contribution in [0.3, 0.4) is 0 Å². The van der Waals surface area contributed by atoms with Gasteiger partial charge in [0.1, 0.15) is 29.5 Å². The number of allylic oxidation sites excluding steroid dienone is 2. The molecule has 1 fully saturated rings. The summed E-state index contributed by atoms with van der Waals surface area (Å²) in [5.74, 6) is 0.0696. The largest absolute Gasteiger partial charge is 0.477 e. The number of nitrogens with zero attached hydrogens (tertiary/aromatic N) is 3. The van der Waals surface area contributed by atoms with E-state index in [1.165, 1.54) is 28.4 Å². The number of hydrogen-bond acceptors (Lipinski definition) is 12. The van der Waals surface area contributed by atoms with Crippen LogP contribution in [0, 0.1) is 0 Å². The topological polar surface area (TPSA) is 175 Å². The predicted octanol–water partition coefficient (Wildman–Crippen LogP) is -0.639. The van der Waals surface area contributed by atoms with Gasteiger partial charge >= 0.3 is 12.1 Å². The first-order valence-corrected chi connectivity index (χ1v) is 14.9. The zero-order valence-electron chi connectivity index (χ0n) is 19.2. The summed E-state index contributed by atoms with van der Waals surface area (Å²) in [6.07, 6.45) is 7.79. The fraction of sp³-hybridized carbons (Fsp3) is 0.450. The Morgan fingerprint density at radius 2 is 2.14 bits per heavy atom. The van der Waals surface area contributed by atoms with Gasteiger partial charge in [0.15, 0.2) is 9.84 Å². The fourth-order valence-corrected chi connectivity index (χ4v) is 6.21. The van der Waals surface area contributed by atoms with E-state index in [-0.39, 0.29) is 29.3 Å². The SMILES string of the molecule is CS(=O)(=O)CCOC(=O)NCCSC1=CC=C2N(CC3=C(C(=O)O)N4C(=O)[C@@H](N)[C@@H]4SC3)C=CN2N1. The highest BCUT2D eigenvalue weighted by atomic mass is 32.2. The van der Waals surface area contributed by atoms with E-state index in [1.807, 2.05) is 23.3 Å². The first kappa shape index (κ1) is 26.2. The van der Waals surface area contributed by atoms with Crippen molar-refractivity contribution < 1.29 is 32.6 Å². The van der Waals surface area contributed by atoms with Gasteiger partial charge in [-0.25, -0.2) is 23.0 Å². The summed E-state index contributed by atoms with van der Waals surface area (Å²) in [4.78, 5) is 38.9. The van der Waals surface area contributed by atoms with Gasteiger partial charge in [0.25, 0.3) is 0 Å². The van der Waals surface area contributed by atoms with Crippen LogP contribution < -0.4 is 16.5 Å². The van der Waals surface area contributed by atoms with Crippen molar-refractivity contribution >= 4 is 51.3 Å². The third-order valence-electron chi connectivity index (χ3n) is 5.52. The Balaban J connectivity index is 1.28. The van der Waals surface area contributed by atoms with Crippen LogP contribution in [0.4, 0.5) is 4.79 Å². The number of fused-ring (bicyclic) bond motifs is 2. The van der Waals surface area contributed by atoms with Crippen molar-refractivity contribution in [3.63, 3.8) is 0 Å². The molecule has 4 aliphatic rings. The summed E-state index contributed by atoms with van der Waals surface area (Å²) in [6.45, 7) is 0.439. The molecule has 4 aliphatic heterocycles. The minimum absolute atomic E-state index is 0.0100. The number of carbonyl (C=O) groups excluding carboxylic acids is 2. The van der Waals surface area contributed by atoms with Crippen LogP contribution in [-0.4, -0.2) is 101 Å². The van der Waals surface area contributed by atoms with E-state index < -0.39 is 27.9 Å². The Morgan fingerprint density at radius 1 is 1.36 bits per heavy atom. The molecule has 0 bridgehead atoms. The maximum absolute atomic E-state index is 12.2. The van der Waals surface area contributed by atoms with Crippen molar-refractivity contribution in [1.29, 1.82) is 0 Å². The molecule has 0 saturated carbocycles. The highest BCUT2D eigenvalue weighted by Crippen LogP contribution is 2.40. The predicted molar refractivity (Wildman–Crippen MR) is 134 cm³/mol. The first-order chi connectivity index (χ1) is 17.0. The van der Waals surface area contributed by atoms with E-state index in [0.29, 0.717) is 30.2 Å². The van der Waals surface area contributed by atoms with E-state index in [4.69, 9.17) is 10.5 Å². The second-order valence-corrected chi connectivity index (χ2v) is 12.7. The third kappa shape index (κ3) is 5.77. The third-order valence-corrected chi connectivity index (χ3v) is 8.74. The molecule has 0 radical (unpaired) electrons. The van der Waals surface area contributed by atoms with Crippen LogP contribution >= 0.6 is 23.5 Å². The van der Waals surface area contributed by atoms with Crippen molar-refractivity contribution in [2.45, 2.75) is 11.4 Å². The molecule has 13 nitrogen and oxygen atoms in total. The second kappa shape index (κ2) is 10.7. The number of rotatable bonds is 10. The maximum atomic E-state index is 12.2. The zero-order chi connectivity index (χ0) is 26.0. The number of alkyl carbamates (subject to hydrolysis) is 1. The molecule has 0 spiro atoms. The Morgan fingerprint density at radius 3 is 2.86 bits per heavy atom. The van der Waals surface area contributed by atoms with Crippen molar-refractivity contribution in [2.75, 3.05) is 43.2 Å². The van der Waals surface area contributed by atoms with Crippen molar-refractivity contribution in [3.8, 4) is 0 Å². The number of aliphatic carboxylic acids is 1. The van der Waals surface area contributed by atoms with Crippen LogP contribution in [0.25, 0.3) is 0 Å². The molecule has 0 aliphatic carbocycles. The lowest BCUT2D eigenvalue weighted by atomic mass is 10.0. The monoisotopic (exact) mass is 558 g/mol. The lowest BCUT2D eigenvalue weighted by Gasteiger charge is -2.48. The highest BCUT2D eigenvalue weighted by molar-refractivity contribution is 8.03. The molecule has 16 heteroatoms. The number of sulfone groups is 1. The molecule has 2 atom stereocenters. The molecule has 0 unspecified atom stereocenters. The summed E-state index contributed by atoms with van der Waals surface area (Å²) in [5.41, 5.74) is 9.68. The Kier molecular flexibility index (Phi) is 7.77. The van der Waals surface area contributed by atoms with E-state index in [1.54, 1.807) is 11.2 Å². The van der Waals surface area contributed by atoms with E-state index >= 15 is 0 Å². The van der Waals surface area contributed by atoms with Crippen LogP contribution in [-0.2, 0) is 24.2 Å². The summed E-state index contributed by atoms with van der Waals surface area (Å²) in [5, 5.41) is 14.6. The van der Waals surface area contributed by atoms with Gasteiger partial charge < -0.3 is 25.8 Å². The number of nitrogens with two attached hydrogens (primary N) is 1. The molecule has 1 saturated heterocycles. The highest BCUT2D eigenvalue weighted by Gasteiger charge is 2.51. The molecular formula is C20H26N6O7S3. The second-order valence-electron chi connectivity index (χ2n) is 8.20. The van der Waals surface area contributed by atoms with Crippen LogP contribution in [0.1, 0.15) is 0 Å². The van der Waals surface area contributed by atoms with Gasteiger partial charge in [-0.3, -0.25) is 15.1 Å². The number of thioether (sulfide) groups is 2. The quantitative estimate of drug-likeness (QED) is 0.197. The standard InChI is InChI=1S/C20H26N6O7S3/c1-36(31,32)9-7-33-20(30)22-4-8-34-13-2-3-14-24(5-6-25(14)23-13)10-12-11-35-18-15(21)17(27)26(18)16(12)19(28)29/h2-3,5-6,15,18,23H,4,7-11,21H2,1H3,(H,22,30)(H,28,29)/t15-,18+/m1/s1. The summed E-state index contributed by atoms with van der Waals surface area (Å²) >= 11 is 2.93. The zero-order valence-corrected chi connectivity index (χ0v) is 21.7. The average Bonchev–Trinajstić information content (AvgIpc) is 3.22. The Labute approximate surface area is 216 Å². The number of hydrazine groups is 1. The number of carboxylic acids is 1. The van der Waals surface area contributed by atoms with Gasteiger partial charge in [0.2, 0.25) is 5.91 Å². The van der Waals surface area contributed by atoms with E-state index in [2.05, 4.69) is 10.7 Å². The van der Waals surface area contributed by atoms with Gasteiger partial charge in [0, 0.05) is 43.3 Å². The van der Waals surface area contributed by atoms with Gasteiger partial charge in [-0.1, -0.05) is 0 Å². The molecule has 5 N–H and O–H groups in total. The van der Waals surface area contributed by atoms with Crippen molar-refractivity contribution in [3.05, 3.63) is 46.7 Å².